The Morgan fingerprint density at radius 1 is 1.54 bits per heavy atom. The first kappa shape index (κ1) is 9.21. The highest BCUT2D eigenvalue weighted by atomic mass is 127. The number of benzene rings is 1. The van der Waals surface area contributed by atoms with Crippen molar-refractivity contribution in [1.82, 2.24) is 0 Å². The van der Waals surface area contributed by atoms with Gasteiger partial charge in [-0.1, -0.05) is 0 Å². The Balaban J connectivity index is 2.56. The van der Waals surface area contributed by atoms with Crippen molar-refractivity contribution in [3.8, 4) is 5.75 Å². The summed E-state index contributed by atoms with van der Waals surface area (Å²) in [7, 11) is 0. The van der Waals surface area contributed by atoms with Crippen LogP contribution in [0.3, 0.4) is 0 Å². The number of rotatable bonds is 0. The van der Waals surface area contributed by atoms with E-state index in [-0.39, 0.29) is 11.9 Å². The van der Waals surface area contributed by atoms with Crippen LogP contribution in [0.4, 0.5) is 4.39 Å². The molecule has 0 bridgehead atoms. The van der Waals surface area contributed by atoms with Gasteiger partial charge in [0.2, 0.25) is 0 Å². The van der Waals surface area contributed by atoms with E-state index in [0.29, 0.717) is 12.4 Å². The molecule has 0 spiro atoms. The normalized spacial score (nSPS) is 20.7. The second-order valence-corrected chi connectivity index (χ2v) is 4.21. The first-order valence-corrected chi connectivity index (χ1v) is 5.13. The predicted octanol–water partition coefficient (Wildman–Crippen LogP) is 2.21. The maximum Gasteiger partial charge on any atom is 0.128 e. The second-order valence-electron chi connectivity index (χ2n) is 3.04. The molecule has 1 aromatic rings. The smallest absolute Gasteiger partial charge is 0.128 e. The molecule has 70 valence electrons. The second kappa shape index (κ2) is 3.42. The van der Waals surface area contributed by atoms with Crippen molar-refractivity contribution in [3.05, 3.63) is 27.1 Å². The van der Waals surface area contributed by atoms with E-state index in [1.165, 1.54) is 12.1 Å². The van der Waals surface area contributed by atoms with Crippen molar-refractivity contribution in [2.45, 2.75) is 12.5 Å². The third-order valence-corrected chi connectivity index (χ3v) is 3.01. The summed E-state index contributed by atoms with van der Waals surface area (Å²) >= 11 is 2.08. The van der Waals surface area contributed by atoms with Gasteiger partial charge in [-0.2, -0.15) is 0 Å². The molecule has 0 radical (unpaired) electrons. The summed E-state index contributed by atoms with van der Waals surface area (Å²) in [6.45, 7) is 0.577. The minimum absolute atomic E-state index is 0.0174. The summed E-state index contributed by atoms with van der Waals surface area (Å²) < 4.78 is 19.1. The molecule has 2 nitrogen and oxygen atoms in total. The van der Waals surface area contributed by atoms with Crippen LogP contribution in [0.1, 0.15) is 18.0 Å². The summed E-state index contributed by atoms with van der Waals surface area (Å²) in [4.78, 5) is 0. The maximum absolute atomic E-state index is 13.0. The Kier molecular flexibility index (Phi) is 2.42. The van der Waals surface area contributed by atoms with Crippen LogP contribution in [0, 0.1) is 9.39 Å². The number of hydrogen-bond donors (Lipinski definition) is 1. The number of ether oxygens (including phenoxy) is 1. The van der Waals surface area contributed by atoms with Gasteiger partial charge in [0.15, 0.2) is 0 Å². The van der Waals surface area contributed by atoms with Crippen LogP contribution < -0.4 is 10.5 Å². The minimum Gasteiger partial charge on any atom is -0.493 e. The Morgan fingerprint density at radius 3 is 3.08 bits per heavy atom. The van der Waals surface area contributed by atoms with Crippen molar-refractivity contribution >= 4 is 22.6 Å². The van der Waals surface area contributed by atoms with E-state index < -0.39 is 0 Å². The van der Waals surface area contributed by atoms with Gasteiger partial charge in [0.25, 0.3) is 0 Å². The topological polar surface area (TPSA) is 35.2 Å². The molecule has 4 heteroatoms. The fraction of sp³-hybridized carbons (Fsp3) is 0.333. The molecule has 0 aliphatic carbocycles. The van der Waals surface area contributed by atoms with Crippen molar-refractivity contribution in [1.29, 1.82) is 0 Å². The van der Waals surface area contributed by atoms with E-state index in [1.54, 1.807) is 0 Å². The number of halogens is 2. The fourth-order valence-corrected chi connectivity index (χ4v) is 2.44. The van der Waals surface area contributed by atoms with Crippen LogP contribution in [-0.4, -0.2) is 6.61 Å². The fourth-order valence-electron chi connectivity index (χ4n) is 1.48. The van der Waals surface area contributed by atoms with Gasteiger partial charge in [0.05, 0.1) is 6.61 Å². The van der Waals surface area contributed by atoms with Crippen LogP contribution in [0.15, 0.2) is 12.1 Å². The molecular formula is C9H9FINO. The number of nitrogens with two attached hydrogens (primary N) is 1. The van der Waals surface area contributed by atoms with E-state index in [9.17, 15) is 4.39 Å². The first-order valence-electron chi connectivity index (χ1n) is 4.06. The molecule has 1 aromatic carbocycles. The van der Waals surface area contributed by atoms with E-state index in [2.05, 4.69) is 22.6 Å². The Bertz CT molecular complexity index is 343. The van der Waals surface area contributed by atoms with Crippen molar-refractivity contribution < 1.29 is 9.13 Å². The molecule has 0 saturated carbocycles. The third-order valence-electron chi connectivity index (χ3n) is 2.11. The molecule has 13 heavy (non-hydrogen) atoms. The number of fused-ring (bicyclic) bond motifs is 1. The SMILES string of the molecule is N[C@@H]1CCOc2cc(F)cc(I)c21. The molecule has 1 atom stereocenters. The molecule has 1 aliphatic rings. The summed E-state index contributed by atoms with van der Waals surface area (Å²) in [5.41, 5.74) is 6.83. The van der Waals surface area contributed by atoms with Gasteiger partial charge in [0, 0.05) is 27.7 Å². The van der Waals surface area contributed by atoms with Gasteiger partial charge in [0.1, 0.15) is 11.6 Å². The standard InChI is InChI=1S/C9H9FINO/c10-5-3-6(11)9-7(12)1-2-13-8(9)4-5/h3-4,7H,1-2,12H2/t7-/m1/s1. The summed E-state index contributed by atoms with van der Waals surface area (Å²) in [5.74, 6) is 0.334. The van der Waals surface area contributed by atoms with Gasteiger partial charge in [-0.3, -0.25) is 0 Å². The highest BCUT2D eigenvalue weighted by Gasteiger charge is 2.21. The minimum atomic E-state index is -0.266. The quantitative estimate of drug-likeness (QED) is 0.744. The van der Waals surface area contributed by atoms with Crippen molar-refractivity contribution in [2.24, 2.45) is 5.73 Å². The van der Waals surface area contributed by atoms with E-state index in [4.69, 9.17) is 10.5 Å². The Hall–Kier alpha value is -0.360. The Morgan fingerprint density at radius 2 is 2.31 bits per heavy atom. The molecule has 0 amide bonds. The highest BCUT2D eigenvalue weighted by Crippen LogP contribution is 2.34. The van der Waals surface area contributed by atoms with Gasteiger partial charge >= 0.3 is 0 Å². The van der Waals surface area contributed by atoms with Crippen molar-refractivity contribution in [2.75, 3.05) is 6.61 Å². The number of hydrogen-bond acceptors (Lipinski definition) is 2. The molecule has 0 aromatic heterocycles. The zero-order valence-corrected chi connectivity index (χ0v) is 9.05. The van der Waals surface area contributed by atoms with Crippen LogP contribution in [0.25, 0.3) is 0 Å². The van der Waals surface area contributed by atoms with Gasteiger partial charge in [-0.25, -0.2) is 4.39 Å². The maximum atomic E-state index is 13.0. The summed E-state index contributed by atoms with van der Waals surface area (Å²) in [6.07, 6.45) is 0.800. The summed E-state index contributed by atoms with van der Waals surface area (Å²) in [6, 6.07) is 2.86. The van der Waals surface area contributed by atoms with Crippen LogP contribution in [0.5, 0.6) is 5.75 Å². The lowest BCUT2D eigenvalue weighted by molar-refractivity contribution is 0.266. The molecular weight excluding hydrogens is 284 g/mol. The molecule has 2 N–H and O–H groups in total. The van der Waals surface area contributed by atoms with Crippen LogP contribution >= 0.6 is 22.6 Å². The molecule has 2 rings (SSSR count). The molecule has 1 heterocycles. The van der Waals surface area contributed by atoms with E-state index in [1.807, 2.05) is 0 Å². The van der Waals surface area contributed by atoms with Gasteiger partial charge < -0.3 is 10.5 Å². The predicted molar refractivity (Wildman–Crippen MR) is 56.2 cm³/mol. The largest absolute Gasteiger partial charge is 0.493 e. The van der Waals surface area contributed by atoms with Crippen LogP contribution in [-0.2, 0) is 0 Å². The third kappa shape index (κ3) is 1.65. The zero-order valence-electron chi connectivity index (χ0n) is 6.89. The average Bonchev–Trinajstić information content (AvgIpc) is 2.02. The van der Waals surface area contributed by atoms with Gasteiger partial charge in [-0.05, 0) is 28.7 Å². The monoisotopic (exact) mass is 293 g/mol. The lowest BCUT2D eigenvalue weighted by Gasteiger charge is -2.23. The first-order chi connectivity index (χ1) is 6.18. The highest BCUT2D eigenvalue weighted by molar-refractivity contribution is 14.1. The lowest BCUT2D eigenvalue weighted by Crippen LogP contribution is -2.21. The molecule has 1 aliphatic heterocycles. The van der Waals surface area contributed by atoms with Crippen LogP contribution in [0.2, 0.25) is 0 Å². The lowest BCUT2D eigenvalue weighted by atomic mass is 10.0. The average molecular weight is 293 g/mol. The van der Waals surface area contributed by atoms with Crippen molar-refractivity contribution in [3.63, 3.8) is 0 Å². The molecule has 0 unspecified atom stereocenters. The van der Waals surface area contributed by atoms with Gasteiger partial charge in [-0.15, -0.1) is 0 Å². The summed E-state index contributed by atoms with van der Waals surface area (Å²) in [5, 5.41) is 0. The van der Waals surface area contributed by atoms with E-state index >= 15 is 0 Å². The Labute approximate surface area is 89.4 Å². The zero-order chi connectivity index (χ0) is 9.42. The van der Waals surface area contributed by atoms with E-state index in [0.717, 1.165) is 15.6 Å². The molecule has 0 saturated heterocycles. The molecule has 0 fully saturated rings.